The lowest BCUT2D eigenvalue weighted by atomic mass is 10.2. The number of nitrogens with zero attached hydrogens (tertiary/aromatic N) is 2. The monoisotopic (exact) mass is 381 g/mol. The second-order valence-corrected chi connectivity index (χ2v) is 6.94. The van der Waals surface area contributed by atoms with E-state index >= 15 is 0 Å². The van der Waals surface area contributed by atoms with Gasteiger partial charge in [0, 0.05) is 11.1 Å². The van der Waals surface area contributed by atoms with Crippen molar-refractivity contribution < 1.29 is 9.53 Å². The Morgan fingerprint density at radius 2 is 2.12 bits per heavy atom. The molecule has 0 aliphatic carbocycles. The zero-order chi connectivity index (χ0) is 18.4. The first-order chi connectivity index (χ1) is 12.7. The average Bonchev–Trinajstić information content (AvgIpc) is 3.33. The van der Waals surface area contributed by atoms with Crippen molar-refractivity contribution in [3.8, 4) is 21.7 Å². The maximum Gasteiger partial charge on any atom is 0.266 e. The summed E-state index contributed by atoms with van der Waals surface area (Å²) in [5.41, 5.74) is 1.19. The normalized spacial score (nSPS) is 11.0. The first kappa shape index (κ1) is 17.9. The van der Waals surface area contributed by atoms with Crippen molar-refractivity contribution in [2.45, 2.75) is 6.92 Å². The third-order valence-corrected chi connectivity index (χ3v) is 5.23. The lowest BCUT2D eigenvalue weighted by Crippen LogP contribution is -2.13. The fraction of sp³-hybridized carbons (Fsp3) is 0.105. The Labute approximate surface area is 159 Å². The molecule has 5 nitrogen and oxygen atoms in total. The fourth-order valence-electron chi connectivity index (χ4n) is 2.16. The number of nitriles is 1. The minimum Gasteiger partial charge on any atom is -0.494 e. The zero-order valence-electron chi connectivity index (χ0n) is 13.9. The van der Waals surface area contributed by atoms with Gasteiger partial charge in [0.1, 0.15) is 22.4 Å². The Morgan fingerprint density at radius 3 is 2.77 bits per heavy atom. The third kappa shape index (κ3) is 4.36. The smallest absolute Gasteiger partial charge is 0.266 e. The van der Waals surface area contributed by atoms with E-state index in [2.05, 4.69) is 10.3 Å². The second-order valence-electron chi connectivity index (χ2n) is 5.14. The minimum atomic E-state index is -0.470. The Morgan fingerprint density at radius 1 is 1.31 bits per heavy atom. The first-order valence-corrected chi connectivity index (χ1v) is 9.61. The highest BCUT2D eigenvalue weighted by molar-refractivity contribution is 7.20. The Balaban J connectivity index is 1.72. The van der Waals surface area contributed by atoms with E-state index in [-0.39, 0.29) is 5.57 Å². The zero-order valence-corrected chi connectivity index (χ0v) is 15.6. The van der Waals surface area contributed by atoms with Crippen LogP contribution in [0.1, 0.15) is 12.6 Å². The minimum absolute atomic E-state index is 0.00177. The van der Waals surface area contributed by atoms with Crippen LogP contribution in [0.2, 0.25) is 0 Å². The van der Waals surface area contributed by atoms with Crippen LogP contribution in [0.25, 0.3) is 16.0 Å². The molecule has 2 heterocycles. The van der Waals surface area contributed by atoms with Gasteiger partial charge in [-0.25, -0.2) is 4.98 Å². The van der Waals surface area contributed by atoms with E-state index in [1.807, 2.05) is 35.9 Å². The molecule has 3 aromatic rings. The number of anilines is 1. The van der Waals surface area contributed by atoms with Gasteiger partial charge in [-0.1, -0.05) is 6.07 Å². The number of nitrogens with one attached hydrogen (secondary N) is 1. The van der Waals surface area contributed by atoms with Crippen molar-refractivity contribution in [2.75, 3.05) is 11.9 Å². The SMILES string of the molecule is CCOc1ccc(NC(=O)C(C#N)=Cc2csc(-c3cccs3)n2)cc1. The van der Waals surface area contributed by atoms with E-state index < -0.39 is 5.91 Å². The second kappa shape index (κ2) is 8.43. The van der Waals surface area contributed by atoms with Crippen LogP contribution in [0.15, 0.2) is 52.7 Å². The van der Waals surface area contributed by atoms with Gasteiger partial charge in [-0.2, -0.15) is 5.26 Å². The maximum absolute atomic E-state index is 12.3. The highest BCUT2D eigenvalue weighted by atomic mass is 32.1. The predicted octanol–water partition coefficient (Wildman–Crippen LogP) is 4.82. The molecule has 0 atom stereocenters. The van der Waals surface area contributed by atoms with Gasteiger partial charge in [0.05, 0.1) is 17.2 Å². The van der Waals surface area contributed by atoms with E-state index in [9.17, 15) is 10.1 Å². The van der Waals surface area contributed by atoms with E-state index in [1.54, 1.807) is 35.6 Å². The number of carbonyl (C=O) groups is 1. The molecule has 130 valence electrons. The molecule has 0 spiro atoms. The molecule has 26 heavy (non-hydrogen) atoms. The van der Waals surface area contributed by atoms with Gasteiger partial charge in [0.25, 0.3) is 5.91 Å². The van der Waals surface area contributed by atoms with E-state index in [1.165, 1.54) is 17.4 Å². The third-order valence-electron chi connectivity index (χ3n) is 3.33. The number of amides is 1. The van der Waals surface area contributed by atoms with Crippen LogP contribution >= 0.6 is 22.7 Å². The topological polar surface area (TPSA) is 75.0 Å². The standard InChI is InChI=1S/C19H15N3O2S2/c1-2-24-16-7-5-14(6-8-16)21-18(23)13(11-20)10-15-12-26-19(22-15)17-4-3-9-25-17/h3-10,12H,2H2,1H3,(H,21,23). The predicted molar refractivity (Wildman–Crippen MR) is 105 cm³/mol. The summed E-state index contributed by atoms with van der Waals surface area (Å²) in [6.45, 7) is 2.48. The summed E-state index contributed by atoms with van der Waals surface area (Å²) in [6.07, 6.45) is 1.50. The van der Waals surface area contributed by atoms with Crippen molar-refractivity contribution in [1.82, 2.24) is 4.98 Å². The molecule has 0 saturated heterocycles. The van der Waals surface area contributed by atoms with Crippen LogP contribution in [0.5, 0.6) is 5.75 Å². The number of aromatic nitrogens is 1. The lowest BCUT2D eigenvalue weighted by Gasteiger charge is -2.06. The number of hydrogen-bond donors (Lipinski definition) is 1. The number of thiazole rings is 1. The average molecular weight is 381 g/mol. The summed E-state index contributed by atoms with van der Waals surface area (Å²) in [4.78, 5) is 17.9. The molecule has 0 saturated carbocycles. The van der Waals surface area contributed by atoms with Crippen molar-refractivity contribution in [2.24, 2.45) is 0 Å². The summed E-state index contributed by atoms with van der Waals surface area (Å²) in [5.74, 6) is 0.257. The van der Waals surface area contributed by atoms with E-state index in [0.717, 1.165) is 15.6 Å². The van der Waals surface area contributed by atoms with Gasteiger partial charge in [-0.15, -0.1) is 22.7 Å². The van der Waals surface area contributed by atoms with Crippen LogP contribution in [0.3, 0.4) is 0 Å². The van der Waals surface area contributed by atoms with Gasteiger partial charge in [0.15, 0.2) is 0 Å². The summed E-state index contributed by atoms with van der Waals surface area (Å²) in [7, 11) is 0. The van der Waals surface area contributed by atoms with Crippen LogP contribution < -0.4 is 10.1 Å². The largest absolute Gasteiger partial charge is 0.494 e. The maximum atomic E-state index is 12.3. The van der Waals surface area contributed by atoms with Crippen molar-refractivity contribution in [3.63, 3.8) is 0 Å². The van der Waals surface area contributed by atoms with Gasteiger partial charge < -0.3 is 10.1 Å². The number of benzene rings is 1. The molecule has 0 bridgehead atoms. The van der Waals surface area contributed by atoms with Crippen LogP contribution in [-0.2, 0) is 4.79 Å². The molecule has 3 rings (SSSR count). The molecule has 1 N–H and O–H groups in total. The van der Waals surface area contributed by atoms with Crippen molar-refractivity contribution in [1.29, 1.82) is 5.26 Å². The molecular formula is C19H15N3O2S2. The number of carbonyl (C=O) groups excluding carboxylic acids is 1. The van der Waals surface area contributed by atoms with Gasteiger partial charge in [0.2, 0.25) is 0 Å². The summed E-state index contributed by atoms with van der Waals surface area (Å²) in [6, 6.07) is 12.9. The van der Waals surface area contributed by atoms with Gasteiger partial charge >= 0.3 is 0 Å². The van der Waals surface area contributed by atoms with Gasteiger partial charge in [-0.05, 0) is 48.7 Å². The van der Waals surface area contributed by atoms with Gasteiger partial charge in [-0.3, -0.25) is 4.79 Å². The Hall–Kier alpha value is -2.95. The van der Waals surface area contributed by atoms with E-state index in [4.69, 9.17) is 4.74 Å². The molecule has 1 aromatic carbocycles. The highest BCUT2D eigenvalue weighted by Gasteiger charge is 2.11. The molecule has 0 fully saturated rings. The van der Waals surface area contributed by atoms with Crippen LogP contribution in [-0.4, -0.2) is 17.5 Å². The highest BCUT2D eigenvalue weighted by Crippen LogP contribution is 2.28. The first-order valence-electron chi connectivity index (χ1n) is 7.85. The summed E-state index contributed by atoms with van der Waals surface area (Å²) in [5, 5.41) is 16.7. The Kier molecular flexibility index (Phi) is 5.79. The fourth-order valence-corrected chi connectivity index (χ4v) is 3.75. The molecule has 0 radical (unpaired) electrons. The number of ether oxygens (including phenoxy) is 1. The van der Waals surface area contributed by atoms with Crippen molar-refractivity contribution in [3.05, 3.63) is 58.4 Å². The molecule has 2 aromatic heterocycles. The van der Waals surface area contributed by atoms with Crippen molar-refractivity contribution >= 4 is 40.3 Å². The lowest BCUT2D eigenvalue weighted by molar-refractivity contribution is -0.112. The molecule has 0 aliphatic heterocycles. The number of hydrogen-bond acceptors (Lipinski definition) is 6. The quantitative estimate of drug-likeness (QED) is 0.491. The molecule has 1 amide bonds. The summed E-state index contributed by atoms with van der Waals surface area (Å²) >= 11 is 3.08. The van der Waals surface area contributed by atoms with Crippen LogP contribution in [0.4, 0.5) is 5.69 Å². The molecule has 0 aliphatic rings. The Bertz CT molecular complexity index is 952. The summed E-state index contributed by atoms with van der Waals surface area (Å²) < 4.78 is 5.36. The van der Waals surface area contributed by atoms with Crippen LogP contribution in [0, 0.1) is 11.3 Å². The molecule has 7 heteroatoms. The van der Waals surface area contributed by atoms with E-state index in [0.29, 0.717) is 18.0 Å². The number of thiophene rings is 1. The molecular weight excluding hydrogens is 366 g/mol. The number of rotatable bonds is 6. The molecule has 0 unspecified atom stereocenters.